The molecular weight excluding hydrogens is 286 g/mol. The number of phenolic OH excluding ortho intramolecular Hbond substituents is 1. The van der Waals surface area contributed by atoms with Crippen LogP contribution in [0.2, 0.25) is 0 Å². The molecule has 0 amide bonds. The number of piperazine rings is 1. The Labute approximate surface area is 129 Å². The Hall–Kier alpha value is -1.86. The van der Waals surface area contributed by atoms with Crippen LogP contribution in [-0.4, -0.2) is 48.2 Å². The van der Waals surface area contributed by atoms with E-state index in [0.717, 1.165) is 44.6 Å². The summed E-state index contributed by atoms with van der Waals surface area (Å²) in [7, 11) is 1.42. The van der Waals surface area contributed by atoms with E-state index in [2.05, 4.69) is 10.2 Å². The van der Waals surface area contributed by atoms with E-state index >= 15 is 0 Å². The van der Waals surface area contributed by atoms with Crippen molar-refractivity contribution in [2.24, 2.45) is 5.92 Å². The van der Waals surface area contributed by atoms with Crippen molar-refractivity contribution in [3.63, 3.8) is 0 Å². The number of nitro groups is 1. The first-order valence-electron chi connectivity index (χ1n) is 7.62. The van der Waals surface area contributed by atoms with E-state index in [4.69, 9.17) is 4.74 Å². The minimum absolute atomic E-state index is 0.162. The Morgan fingerprint density at radius 3 is 2.64 bits per heavy atom. The van der Waals surface area contributed by atoms with Crippen LogP contribution in [0.25, 0.3) is 0 Å². The molecule has 120 valence electrons. The van der Waals surface area contributed by atoms with Crippen molar-refractivity contribution in [3.8, 4) is 11.5 Å². The number of rotatable bonds is 5. The summed E-state index contributed by atoms with van der Waals surface area (Å²) in [6, 6.07) is 3.41. The fraction of sp³-hybridized carbons (Fsp3) is 0.600. The van der Waals surface area contributed by atoms with Gasteiger partial charge in [0.25, 0.3) is 0 Å². The molecule has 7 heteroatoms. The van der Waals surface area contributed by atoms with Gasteiger partial charge < -0.3 is 15.2 Å². The third-order valence-corrected chi connectivity index (χ3v) is 4.45. The molecule has 2 fully saturated rings. The molecule has 1 saturated heterocycles. The zero-order valence-corrected chi connectivity index (χ0v) is 12.6. The SMILES string of the molecule is COc1cc([C@@H](C2CC2)N2CCNCC2)cc([N+](=O)[O-])c1O. The summed E-state index contributed by atoms with van der Waals surface area (Å²) in [6.45, 7) is 3.72. The van der Waals surface area contributed by atoms with E-state index in [1.807, 2.05) is 0 Å². The first kappa shape index (κ1) is 15.1. The van der Waals surface area contributed by atoms with Gasteiger partial charge in [-0.15, -0.1) is 0 Å². The molecule has 2 aliphatic rings. The minimum atomic E-state index is -0.553. The van der Waals surface area contributed by atoms with Crippen molar-refractivity contribution < 1.29 is 14.8 Å². The largest absolute Gasteiger partial charge is 0.500 e. The zero-order chi connectivity index (χ0) is 15.7. The van der Waals surface area contributed by atoms with Gasteiger partial charge in [0.15, 0.2) is 5.75 Å². The highest BCUT2D eigenvalue weighted by Gasteiger charge is 2.38. The van der Waals surface area contributed by atoms with Gasteiger partial charge in [-0.2, -0.15) is 0 Å². The molecule has 2 N–H and O–H groups in total. The van der Waals surface area contributed by atoms with E-state index in [9.17, 15) is 15.2 Å². The molecule has 1 aromatic carbocycles. The number of hydrogen-bond acceptors (Lipinski definition) is 6. The van der Waals surface area contributed by atoms with Crippen LogP contribution < -0.4 is 10.1 Å². The Balaban J connectivity index is 1.99. The van der Waals surface area contributed by atoms with Gasteiger partial charge >= 0.3 is 5.69 Å². The van der Waals surface area contributed by atoms with Crippen LogP contribution in [0, 0.1) is 16.0 Å². The van der Waals surface area contributed by atoms with Crippen molar-refractivity contribution >= 4 is 5.69 Å². The van der Waals surface area contributed by atoms with E-state index < -0.39 is 10.7 Å². The average molecular weight is 307 g/mol. The van der Waals surface area contributed by atoms with Crippen molar-refractivity contribution in [3.05, 3.63) is 27.8 Å². The van der Waals surface area contributed by atoms with Crippen LogP contribution in [0.5, 0.6) is 11.5 Å². The van der Waals surface area contributed by atoms with Crippen molar-refractivity contribution in [1.82, 2.24) is 10.2 Å². The van der Waals surface area contributed by atoms with Crippen LogP contribution in [0.3, 0.4) is 0 Å². The zero-order valence-electron chi connectivity index (χ0n) is 12.6. The molecule has 1 heterocycles. The fourth-order valence-corrected chi connectivity index (χ4v) is 3.23. The highest BCUT2D eigenvalue weighted by Crippen LogP contribution is 2.48. The number of phenols is 1. The highest BCUT2D eigenvalue weighted by molar-refractivity contribution is 5.57. The van der Waals surface area contributed by atoms with Crippen LogP contribution in [-0.2, 0) is 0 Å². The average Bonchev–Trinajstić information content (AvgIpc) is 3.34. The summed E-state index contributed by atoms with van der Waals surface area (Å²) < 4.78 is 5.13. The second-order valence-electron chi connectivity index (χ2n) is 5.92. The van der Waals surface area contributed by atoms with Crippen LogP contribution in [0.1, 0.15) is 24.4 Å². The Kier molecular flexibility index (Phi) is 4.17. The standard InChI is InChI=1S/C15H21N3O4/c1-22-13-9-11(8-12(15(13)19)18(20)21)14(10-2-3-10)17-6-4-16-5-7-17/h8-10,14,16,19H,2-7H2,1H3/t14-/m1/s1. The Bertz CT molecular complexity index is 568. The fourth-order valence-electron chi connectivity index (χ4n) is 3.23. The first-order chi connectivity index (χ1) is 10.6. The molecule has 1 aromatic rings. The van der Waals surface area contributed by atoms with Gasteiger partial charge in [0.05, 0.1) is 12.0 Å². The molecule has 0 aromatic heterocycles. The van der Waals surface area contributed by atoms with E-state index in [-0.39, 0.29) is 17.5 Å². The third kappa shape index (κ3) is 2.86. The van der Waals surface area contributed by atoms with E-state index in [1.165, 1.54) is 13.2 Å². The number of aromatic hydroxyl groups is 1. The number of ether oxygens (including phenoxy) is 1. The second-order valence-corrected chi connectivity index (χ2v) is 5.92. The molecule has 1 saturated carbocycles. The quantitative estimate of drug-likeness (QED) is 0.635. The summed E-state index contributed by atoms with van der Waals surface area (Å²) in [5, 5.41) is 24.5. The molecule has 7 nitrogen and oxygen atoms in total. The molecule has 3 rings (SSSR count). The van der Waals surface area contributed by atoms with Gasteiger partial charge in [-0.1, -0.05) is 0 Å². The highest BCUT2D eigenvalue weighted by atomic mass is 16.6. The Morgan fingerprint density at radius 2 is 2.09 bits per heavy atom. The predicted molar refractivity (Wildman–Crippen MR) is 81.2 cm³/mol. The lowest BCUT2D eigenvalue weighted by Gasteiger charge is -2.35. The molecule has 0 bridgehead atoms. The molecule has 0 radical (unpaired) electrons. The maximum absolute atomic E-state index is 11.2. The van der Waals surface area contributed by atoms with Crippen LogP contribution >= 0.6 is 0 Å². The number of nitro benzene ring substituents is 1. The van der Waals surface area contributed by atoms with Gasteiger partial charge in [0.1, 0.15) is 0 Å². The van der Waals surface area contributed by atoms with Gasteiger partial charge in [0, 0.05) is 38.3 Å². The van der Waals surface area contributed by atoms with Gasteiger partial charge in [-0.3, -0.25) is 15.0 Å². The molecule has 1 aliphatic carbocycles. The van der Waals surface area contributed by atoms with Crippen molar-refractivity contribution in [2.75, 3.05) is 33.3 Å². The second kappa shape index (κ2) is 6.10. The third-order valence-electron chi connectivity index (χ3n) is 4.45. The topological polar surface area (TPSA) is 87.9 Å². The summed E-state index contributed by atoms with van der Waals surface area (Å²) in [4.78, 5) is 13.0. The molecular formula is C15H21N3O4. The first-order valence-corrected chi connectivity index (χ1v) is 7.62. The monoisotopic (exact) mass is 307 g/mol. The molecule has 1 atom stereocenters. The number of hydrogen-bond donors (Lipinski definition) is 2. The lowest BCUT2D eigenvalue weighted by Crippen LogP contribution is -2.45. The summed E-state index contributed by atoms with van der Waals surface area (Å²) in [5.41, 5.74) is 0.584. The smallest absolute Gasteiger partial charge is 0.314 e. The van der Waals surface area contributed by atoms with Gasteiger partial charge in [-0.25, -0.2) is 0 Å². The predicted octanol–water partition coefficient (Wildman–Crippen LogP) is 1.67. The normalized spacial score (nSPS) is 20.6. The number of nitrogens with zero attached hydrogens (tertiary/aromatic N) is 2. The summed E-state index contributed by atoms with van der Waals surface area (Å²) >= 11 is 0. The van der Waals surface area contributed by atoms with Gasteiger partial charge in [0.2, 0.25) is 5.75 Å². The molecule has 0 unspecified atom stereocenters. The lowest BCUT2D eigenvalue weighted by atomic mass is 9.98. The minimum Gasteiger partial charge on any atom is -0.500 e. The van der Waals surface area contributed by atoms with Crippen molar-refractivity contribution in [1.29, 1.82) is 0 Å². The van der Waals surface area contributed by atoms with Crippen LogP contribution in [0.15, 0.2) is 12.1 Å². The summed E-state index contributed by atoms with van der Waals surface area (Å²) in [6.07, 6.45) is 2.29. The number of nitrogens with one attached hydrogen (secondary N) is 1. The Morgan fingerprint density at radius 1 is 1.41 bits per heavy atom. The lowest BCUT2D eigenvalue weighted by molar-refractivity contribution is -0.386. The molecule has 0 spiro atoms. The summed E-state index contributed by atoms with van der Waals surface area (Å²) in [5.74, 6) is 0.308. The molecule has 1 aliphatic heterocycles. The van der Waals surface area contributed by atoms with E-state index in [0.29, 0.717) is 5.92 Å². The number of methoxy groups -OCH3 is 1. The maximum atomic E-state index is 11.2. The number of benzene rings is 1. The molecule has 22 heavy (non-hydrogen) atoms. The van der Waals surface area contributed by atoms with Crippen molar-refractivity contribution in [2.45, 2.75) is 18.9 Å². The van der Waals surface area contributed by atoms with Gasteiger partial charge in [-0.05, 0) is 30.4 Å². The van der Waals surface area contributed by atoms with E-state index in [1.54, 1.807) is 6.07 Å². The van der Waals surface area contributed by atoms with Crippen LogP contribution in [0.4, 0.5) is 5.69 Å². The maximum Gasteiger partial charge on any atom is 0.314 e.